The first-order chi connectivity index (χ1) is 9.22. The summed E-state index contributed by atoms with van der Waals surface area (Å²) < 4.78 is 13.3. The van der Waals surface area contributed by atoms with Crippen LogP contribution in [0.4, 0.5) is 10.1 Å². The number of halogens is 1. The zero-order valence-electron chi connectivity index (χ0n) is 11.0. The number of aromatic nitrogens is 1. The van der Waals surface area contributed by atoms with Crippen molar-refractivity contribution in [2.75, 3.05) is 18.0 Å². The van der Waals surface area contributed by atoms with Crippen LogP contribution in [0.1, 0.15) is 17.6 Å². The average molecular weight is 279 g/mol. The molecule has 102 valence electrons. The first-order valence-electron chi connectivity index (χ1n) is 6.36. The molecule has 0 aliphatic carbocycles. The fourth-order valence-corrected chi connectivity index (χ4v) is 2.72. The van der Waals surface area contributed by atoms with Crippen molar-refractivity contribution in [1.82, 2.24) is 4.98 Å². The summed E-state index contributed by atoms with van der Waals surface area (Å²) in [4.78, 5) is 6.64. The van der Waals surface area contributed by atoms with Gasteiger partial charge in [0.15, 0.2) is 0 Å². The van der Waals surface area contributed by atoms with Crippen molar-refractivity contribution in [3.8, 4) is 0 Å². The highest BCUT2D eigenvalue weighted by molar-refractivity contribution is 7.09. The van der Waals surface area contributed by atoms with Gasteiger partial charge in [-0.3, -0.25) is 0 Å². The van der Waals surface area contributed by atoms with Gasteiger partial charge in [-0.2, -0.15) is 0 Å². The van der Waals surface area contributed by atoms with Gasteiger partial charge in [-0.1, -0.05) is 6.07 Å². The summed E-state index contributed by atoms with van der Waals surface area (Å²) in [6.45, 7) is 4.18. The molecule has 3 nitrogen and oxygen atoms in total. The van der Waals surface area contributed by atoms with Crippen LogP contribution < -0.4 is 10.6 Å². The molecule has 5 heteroatoms. The van der Waals surface area contributed by atoms with Crippen LogP contribution in [0.15, 0.2) is 29.6 Å². The second-order valence-corrected chi connectivity index (χ2v) is 5.21. The molecule has 0 amide bonds. The van der Waals surface area contributed by atoms with Crippen LogP contribution in [0.25, 0.3) is 0 Å². The summed E-state index contributed by atoms with van der Waals surface area (Å²) in [5, 5.41) is 3.11. The lowest BCUT2D eigenvalue weighted by atomic mass is 10.2. The lowest BCUT2D eigenvalue weighted by molar-refractivity contribution is 0.626. The van der Waals surface area contributed by atoms with Crippen molar-refractivity contribution >= 4 is 17.0 Å². The fraction of sp³-hybridized carbons (Fsp3) is 0.357. The largest absolute Gasteiger partial charge is 0.366 e. The van der Waals surface area contributed by atoms with Crippen LogP contribution in [0.5, 0.6) is 0 Å². The van der Waals surface area contributed by atoms with Gasteiger partial charge in [-0.15, -0.1) is 11.3 Å². The van der Waals surface area contributed by atoms with E-state index in [1.54, 1.807) is 23.5 Å². The molecule has 0 unspecified atom stereocenters. The standard InChI is InChI=1S/C14H18FN3S/c1-2-18(13-5-3-4-11(15)8-13)9-12-10-19-14(17-12)6-7-16/h3-5,8,10H,2,6-7,9,16H2,1H3. The molecule has 1 aromatic heterocycles. The Morgan fingerprint density at radius 1 is 1.42 bits per heavy atom. The second kappa shape index (κ2) is 6.63. The van der Waals surface area contributed by atoms with Crippen molar-refractivity contribution < 1.29 is 4.39 Å². The molecule has 0 spiro atoms. The molecule has 2 rings (SSSR count). The van der Waals surface area contributed by atoms with E-state index in [1.807, 2.05) is 11.4 Å². The topological polar surface area (TPSA) is 42.1 Å². The van der Waals surface area contributed by atoms with Gasteiger partial charge in [0.25, 0.3) is 0 Å². The number of benzene rings is 1. The van der Waals surface area contributed by atoms with Crippen LogP contribution in [-0.4, -0.2) is 18.1 Å². The van der Waals surface area contributed by atoms with E-state index in [0.29, 0.717) is 13.1 Å². The van der Waals surface area contributed by atoms with Gasteiger partial charge < -0.3 is 10.6 Å². The predicted octanol–water partition coefficient (Wildman–Crippen LogP) is 2.81. The highest BCUT2D eigenvalue weighted by Gasteiger charge is 2.09. The van der Waals surface area contributed by atoms with Crippen LogP contribution in [0.2, 0.25) is 0 Å². The molecular formula is C14H18FN3S. The van der Waals surface area contributed by atoms with Gasteiger partial charge in [0.2, 0.25) is 0 Å². The first-order valence-corrected chi connectivity index (χ1v) is 7.24. The highest BCUT2D eigenvalue weighted by Crippen LogP contribution is 2.19. The summed E-state index contributed by atoms with van der Waals surface area (Å²) in [5.41, 5.74) is 7.42. The van der Waals surface area contributed by atoms with E-state index in [-0.39, 0.29) is 5.82 Å². The maximum absolute atomic E-state index is 13.3. The molecule has 2 N–H and O–H groups in total. The number of thiazole rings is 1. The zero-order valence-corrected chi connectivity index (χ0v) is 11.8. The van der Waals surface area contributed by atoms with Crippen molar-refractivity contribution in [3.05, 3.63) is 46.2 Å². The lowest BCUT2D eigenvalue weighted by Crippen LogP contribution is -2.22. The Labute approximate surface area is 116 Å². The van der Waals surface area contributed by atoms with Crippen LogP contribution >= 0.6 is 11.3 Å². The number of hydrogen-bond donors (Lipinski definition) is 1. The number of anilines is 1. The van der Waals surface area contributed by atoms with Gasteiger partial charge in [-0.05, 0) is 31.7 Å². The SMILES string of the molecule is CCN(Cc1csc(CCN)n1)c1cccc(F)c1. The first kappa shape index (κ1) is 14.0. The molecule has 1 aromatic carbocycles. The Morgan fingerprint density at radius 2 is 2.26 bits per heavy atom. The van der Waals surface area contributed by atoms with Crippen molar-refractivity contribution in [3.63, 3.8) is 0 Å². The van der Waals surface area contributed by atoms with E-state index >= 15 is 0 Å². The van der Waals surface area contributed by atoms with Crippen molar-refractivity contribution in [2.24, 2.45) is 5.73 Å². The molecule has 0 saturated carbocycles. The summed E-state index contributed by atoms with van der Waals surface area (Å²) in [7, 11) is 0. The zero-order chi connectivity index (χ0) is 13.7. The summed E-state index contributed by atoms with van der Waals surface area (Å²) >= 11 is 1.63. The Morgan fingerprint density at radius 3 is 2.95 bits per heavy atom. The van der Waals surface area contributed by atoms with Gasteiger partial charge in [0.1, 0.15) is 5.82 Å². The minimum atomic E-state index is -0.210. The molecule has 0 radical (unpaired) electrons. The third kappa shape index (κ3) is 3.75. The number of nitrogens with two attached hydrogens (primary N) is 1. The van der Waals surface area contributed by atoms with E-state index in [4.69, 9.17) is 5.73 Å². The maximum atomic E-state index is 13.3. The third-order valence-electron chi connectivity index (χ3n) is 2.87. The average Bonchev–Trinajstić information content (AvgIpc) is 2.84. The van der Waals surface area contributed by atoms with Gasteiger partial charge >= 0.3 is 0 Å². The fourth-order valence-electron chi connectivity index (χ4n) is 1.91. The molecule has 0 aliphatic rings. The summed E-state index contributed by atoms with van der Waals surface area (Å²) in [6, 6.07) is 6.66. The van der Waals surface area contributed by atoms with E-state index < -0.39 is 0 Å². The van der Waals surface area contributed by atoms with Crippen molar-refractivity contribution in [1.29, 1.82) is 0 Å². The minimum absolute atomic E-state index is 0.210. The second-order valence-electron chi connectivity index (χ2n) is 4.27. The summed E-state index contributed by atoms with van der Waals surface area (Å²) in [6.07, 6.45) is 0.816. The molecule has 2 aromatic rings. The molecule has 0 bridgehead atoms. The monoisotopic (exact) mass is 279 g/mol. The number of rotatable bonds is 6. The third-order valence-corrected chi connectivity index (χ3v) is 3.82. The number of nitrogens with zero attached hydrogens (tertiary/aromatic N) is 2. The molecule has 0 saturated heterocycles. The van der Waals surface area contributed by atoms with Crippen LogP contribution in [-0.2, 0) is 13.0 Å². The molecule has 0 atom stereocenters. The Balaban J connectivity index is 2.09. The molecule has 0 fully saturated rings. The van der Waals surface area contributed by atoms with Gasteiger partial charge in [0, 0.05) is 24.0 Å². The lowest BCUT2D eigenvalue weighted by Gasteiger charge is -2.22. The molecule has 0 aliphatic heterocycles. The predicted molar refractivity (Wildman–Crippen MR) is 78.0 cm³/mol. The van der Waals surface area contributed by atoms with Crippen LogP contribution in [0, 0.1) is 5.82 Å². The Hall–Kier alpha value is -1.46. The van der Waals surface area contributed by atoms with E-state index in [9.17, 15) is 4.39 Å². The van der Waals surface area contributed by atoms with Crippen LogP contribution in [0.3, 0.4) is 0 Å². The molecular weight excluding hydrogens is 261 g/mol. The Kier molecular flexibility index (Phi) is 4.87. The number of hydrogen-bond acceptors (Lipinski definition) is 4. The van der Waals surface area contributed by atoms with E-state index in [1.165, 1.54) is 6.07 Å². The molecule has 1 heterocycles. The highest BCUT2D eigenvalue weighted by atomic mass is 32.1. The minimum Gasteiger partial charge on any atom is -0.366 e. The molecule has 19 heavy (non-hydrogen) atoms. The van der Waals surface area contributed by atoms with Gasteiger partial charge in [0.05, 0.1) is 17.2 Å². The quantitative estimate of drug-likeness (QED) is 0.884. The summed E-state index contributed by atoms with van der Waals surface area (Å²) in [5.74, 6) is -0.210. The van der Waals surface area contributed by atoms with E-state index in [0.717, 1.165) is 29.4 Å². The van der Waals surface area contributed by atoms with E-state index in [2.05, 4.69) is 16.8 Å². The Bertz CT molecular complexity index is 527. The smallest absolute Gasteiger partial charge is 0.125 e. The normalized spacial score (nSPS) is 10.7. The van der Waals surface area contributed by atoms with Crippen molar-refractivity contribution in [2.45, 2.75) is 19.9 Å². The maximum Gasteiger partial charge on any atom is 0.125 e. The van der Waals surface area contributed by atoms with Gasteiger partial charge in [-0.25, -0.2) is 9.37 Å².